The summed E-state index contributed by atoms with van der Waals surface area (Å²) in [4.78, 5) is 16.0. The molecule has 2 atom stereocenters. The minimum absolute atomic E-state index is 0.133. The van der Waals surface area contributed by atoms with Crippen LogP contribution in [-0.4, -0.2) is 37.2 Å². The first-order valence-electron chi connectivity index (χ1n) is 6.24. The Balaban J connectivity index is 1.90. The number of aromatic nitrogens is 1. The largest absolute Gasteiger partial charge is 0.388 e. The van der Waals surface area contributed by atoms with Gasteiger partial charge in [0.1, 0.15) is 5.69 Å². The van der Waals surface area contributed by atoms with Crippen molar-refractivity contribution in [3.63, 3.8) is 0 Å². The SMILES string of the molecule is CNc1ccnc(C(=O)NCC2CCOC2C)c1. The summed E-state index contributed by atoms with van der Waals surface area (Å²) in [7, 11) is 1.81. The van der Waals surface area contributed by atoms with Crippen molar-refractivity contribution in [1.29, 1.82) is 0 Å². The molecule has 5 nitrogen and oxygen atoms in total. The summed E-state index contributed by atoms with van der Waals surface area (Å²) in [5, 5.41) is 5.90. The molecule has 1 aromatic heterocycles. The highest BCUT2D eigenvalue weighted by Gasteiger charge is 2.24. The minimum Gasteiger partial charge on any atom is -0.388 e. The highest BCUT2D eigenvalue weighted by Crippen LogP contribution is 2.19. The summed E-state index contributed by atoms with van der Waals surface area (Å²) < 4.78 is 5.46. The van der Waals surface area contributed by atoms with Crippen LogP contribution in [0, 0.1) is 5.92 Å². The molecule has 1 aliphatic rings. The van der Waals surface area contributed by atoms with E-state index in [9.17, 15) is 4.79 Å². The Hall–Kier alpha value is -1.62. The van der Waals surface area contributed by atoms with E-state index < -0.39 is 0 Å². The summed E-state index contributed by atoms with van der Waals surface area (Å²) >= 11 is 0. The van der Waals surface area contributed by atoms with Gasteiger partial charge in [0.2, 0.25) is 0 Å². The van der Waals surface area contributed by atoms with Gasteiger partial charge in [0.05, 0.1) is 6.10 Å². The lowest BCUT2D eigenvalue weighted by Gasteiger charge is -2.14. The summed E-state index contributed by atoms with van der Waals surface area (Å²) in [6.07, 6.45) is 2.86. The van der Waals surface area contributed by atoms with Crippen molar-refractivity contribution in [3.05, 3.63) is 24.0 Å². The van der Waals surface area contributed by atoms with Crippen molar-refractivity contribution < 1.29 is 9.53 Å². The molecule has 1 aliphatic heterocycles. The minimum atomic E-state index is -0.133. The molecule has 1 saturated heterocycles. The van der Waals surface area contributed by atoms with Gasteiger partial charge >= 0.3 is 0 Å². The van der Waals surface area contributed by atoms with Crippen LogP contribution in [0.15, 0.2) is 18.3 Å². The molecule has 1 aromatic rings. The topological polar surface area (TPSA) is 63.2 Å². The molecule has 0 radical (unpaired) electrons. The molecule has 0 aromatic carbocycles. The number of carbonyl (C=O) groups is 1. The fraction of sp³-hybridized carbons (Fsp3) is 0.538. The zero-order chi connectivity index (χ0) is 13.0. The van der Waals surface area contributed by atoms with Crippen molar-refractivity contribution in [2.45, 2.75) is 19.4 Å². The van der Waals surface area contributed by atoms with Gasteiger partial charge in [-0.25, -0.2) is 0 Å². The molecule has 0 bridgehead atoms. The molecular weight excluding hydrogens is 230 g/mol. The second-order valence-electron chi connectivity index (χ2n) is 4.51. The molecule has 2 rings (SSSR count). The Kier molecular flexibility index (Phi) is 4.15. The quantitative estimate of drug-likeness (QED) is 0.843. The molecule has 2 heterocycles. The van der Waals surface area contributed by atoms with Crippen LogP contribution in [0.2, 0.25) is 0 Å². The summed E-state index contributed by atoms with van der Waals surface area (Å²) in [6, 6.07) is 3.56. The highest BCUT2D eigenvalue weighted by molar-refractivity contribution is 5.93. The molecule has 0 saturated carbocycles. The Labute approximate surface area is 107 Å². The van der Waals surface area contributed by atoms with Gasteiger partial charge in [0.15, 0.2) is 0 Å². The molecular formula is C13H19N3O2. The van der Waals surface area contributed by atoms with Gasteiger partial charge < -0.3 is 15.4 Å². The van der Waals surface area contributed by atoms with E-state index in [0.717, 1.165) is 18.7 Å². The average molecular weight is 249 g/mol. The van der Waals surface area contributed by atoms with Gasteiger partial charge in [0.25, 0.3) is 5.91 Å². The van der Waals surface area contributed by atoms with Crippen LogP contribution >= 0.6 is 0 Å². The van der Waals surface area contributed by atoms with Crippen LogP contribution in [0.25, 0.3) is 0 Å². The Bertz CT molecular complexity index is 422. The summed E-state index contributed by atoms with van der Waals surface area (Å²) in [5.41, 5.74) is 1.32. The molecule has 5 heteroatoms. The van der Waals surface area contributed by atoms with Gasteiger partial charge in [-0.2, -0.15) is 0 Å². The highest BCUT2D eigenvalue weighted by atomic mass is 16.5. The van der Waals surface area contributed by atoms with Crippen LogP contribution in [0.3, 0.4) is 0 Å². The number of pyridine rings is 1. The maximum absolute atomic E-state index is 11.9. The van der Waals surface area contributed by atoms with Gasteiger partial charge in [-0.1, -0.05) is 0 Å². The van der Waals surface area contributed by atoms with E-state index in [1.807, 2.05) is 20.0 Å². The first kappa shape index (κ1) is 12.8. The summed E-state index contributed by atoms with van der Waals surface area (Å²) in [5.74, 6) is 0.271. The Morgan fingerprint density at radius 3 is 3.11 bits per heavy atom. The number of ether oxygens (including phenoxy) is 1. The third-order valence-electron chi connectivity index (χ3n) is 3.34. The van der Waals surface area contributed by atoms with Crippen LogP contribution in [0.1, 0.15) is 23.8 Å². The van der Waals surface area contributed by atoms with Crippen molar-refractivity contribution in [2.24, 2.45) is 5.92 Å². The first-order chi connectivity index (χ1) is 8.70. The predicted molar refractivity (Wildman–Crippen MR) is 69.6 cm³/mol. The molecule has 0 aliphatic carbocycles. The number of anilines is 1. The molecule has 98 valence electrons. The lowest BCUT2D eigenvalue weighted by Crippen LogP contribution is -2.32. The van der Waals surface area contributed by atoms with Gasteiger partial charge in [-0.3, -0.25) is 9.78 Å². The van der Waals surface area contributed by atoms with Gasteiger partial charge in [0, 0.05) is 38.0 Å². The maximum Gasteiger partial charge on any atom is 0.269 e. The monoisotopic (exact) mass is 249 g/mol. The number of nitrogens with zero attached hydrogens (tertiary/aromatic N) is 1. The van der Waals surface area contributed by atoms with Crippen LogP contribution in [-0.2, 0) is 4.74 Å². The Morgan fingerprint density at radius 2 is 2.44 bits per heavy atom. The number of carbonyl (C=O) groups excluding carboxylic acids is 1. The molecule has 2 N–H and O–H groups in total. The number of rotatable bonds is 4. The second-order valence-corrected chi connectivity index (χ2v) is 4.51. The second kappa shape index (κ2) is 5.82. The van der Waals surface area contributed by atoms with Crippen LogP contribution in [0.4, 0.5) is 5.69 Å². The third kappa shape index (κ3) is 2.98. The normalized spacial score (nSPS) is 22.8. The van der Waals surface area contributed by atoms with E-state index in [2.05, 4.69) is 15.6 Å². The number of hydrogen-bond donors (Lipinski definition) is 2. The van der Waals surface area contributed by atoms with E-state index in [1.165, 1.54) is 0 Å². The van der Waals surface area contributed by atoms with Crippen LogP contribution < -0.4 is 10.6 Å². The van der Waals surface area contributed by atoms with Gasteiger partial charge in [-0.15, -0.1) is 0 Å². The smallest absolute Gasteiger partial charge is 0.269 e. The summed E-state index contributed by atoms with van der Waals surface area (Å²) in [6.45, 7) is 3.48. The average Bonchev–Trinajstić information content (AvgIpc) is 2.81. The lowest BCUT2D eigenvalue weighted by atomic mass is 10.0. The van der Waals surface area contributed by atoms with Crippen molar-refractivity contribution >= 4 is 11.6 Å². The fourth-order valence-electron chi connectivity index (χ4n) is 2.07. The van der Waals surface area contributed by atoms with Gasteiger partial charge in [-0.05, 0) is 25.5 Å². The zero-order valence-electron chi connectivity index (χ0n) is 10.8. The fourth-order valence-corrected chi connectivity index (χ4v) is 2.07. The van der Waals surface area contributed by atoms with E-state index in [4.69, 9.17) is 4.74 Å². The lowest BCUT2D eigenvalue weighted by molar-refractivity contribution is 0.0903. The Morgan fingerprint density at radius 1 is 1.61 bits per heavy atom. The predicted octanol–water partition coefficient (Wildman–Crippen LogP) is 1.28. The van der Waals surface area contributed by atoms with Crippen LogP contribution in [0.5, 0.6) is 0 Å². The number of amides is 1. The maximum atomic E-state index is 11.9. The molecule has 2 unspecified atom stereocenters. The standard InChI is InChI=1S/C13H19N3O2/c1-9-10(4-6-18-9)8-16-13(17)12-7-11(14-2)3-5-15-12/h3,5,7,9-10H,4,6,8H2,1-2H3,(H,14,15)(H,16,17). The molecule has 1 amide bonds. The first-order valence-corrected chi connectivity index (χ1v) is 6.24. The van der Waals surface area contributed by atoms with Crippen molar-refractivity contribution in [3.8, 4) is 0 Å². The molecule has 1 fully saturated rings. The molecule has 0 spiro atoms. The third-order valence-corrected chi connectivity index (χ3v) is 3.34. The number of nitrogens with one attached hydrogen (secondary N) is 2. The van der Waals surface area contributed by atoms with E-state index in [0.29, 0.717) is 18.2 Å². The van der Waals surface area contributed by atoms with E-state index >= 15 is 0 Å². The molecule has 18 heavy (non-hydrogen) atoms. The van der Waals surface area contributed by atoms with Crippen molar-refractivity contribution in [1.82, 2.24) is 10.3 Å². The zero-order valence-corrected chi connectivity index (χ0v) is 10.8. The van der Waals surface area contributed by atoms with E-state index in [1.54, 1.807) is 12.3 Å². The number of hydrogen-bond acceptors (Lipinski definition) is 4. The van der Waals surface area contributed by atoms with Crippen molar-refractivity contribution in [2.75, 3.05) is 25.5 Å². The van der Waals surface area contributed by atoms with E-state index in [-0.39, 0.29) is 12.0 Å².